The molecule has 0 radical (unpaired) electrons. The lowest BCUT2D eigenvalue weighted by Crippen LogP contribution is -2.29. The maximum absolute atomic E-state index is 5.95. The van der Waals surface area contributed by atoms with E-state index in [1.54, 1.807) is 7.11 Å². The Morgan fingerprint density at radius 2 is 1.84 bits per heavy atom. The number of halogens is 1. The first kappa shape index (κ1) is 22.4. The minimum Gasteiger partial charge on any atom is -0.481 e. The van der Waals surface area contributed by atoms with E-state index in [2.05, 4.69) is 25.5 Å². The van der Waals surface area contributed by atoms with E-state index in [0.717, 1.165) is 48.8 Å². The zero-order chi connectivity index (χ0) is 22.3. The second kappa shape index (κ2) is 10.7. The van der Waals surface area contributed by atoms with Crippen LogP contribution in [-0.2, 0) is 6.54 Å². The minimum atomic E-state index is 0.405. The summed E-state index contributed by atoms with van der Waals surface area (Å²) in [7, 11) is 1.60. The third-order valence-corrected chi connectivity index (χ3v) is 5.77. The van der Waals surface area contributed by atoms with Gasteiger partial charge in [0, 0.05) is 29.7 Å². The smallest absolute Gasteiger partial charge is 0.234 e. The van der Waals surface area contributed by atoms with Gasteiger partial charge in [0.2, 0.25) is 11.8 Å². The summed E-state index contributed by atoms with van der Waals surface area (Å²) in [4.78, 5) is 11.3. The molecule has 2 N–H and O–H groups in total. The fourth-order valence-corrected chi connectivity index (χ4v) is 3.88. The molecule has 7 nitrogen and oxygen atoms in total. The number of nitrogens with zero attached hydrogens (tertiary/aromatic N) is 3. The van der Waals surface area contributed by atoms with Gasteiger partial charge in [-0.2, -0.15) is 9.97 Å². The van der Waals surface area contributed by atoms with E-state index in [-0.39, 0.29) is 0 Å². The van der Waals surface area contributed by atoms with Crippen molar-refractivity contribution in [3.63, 3.8) is 0 Å². The molecule has 3 heterocycles. The van der Waals surface area contributed by atoms with Gasteiger partial charge in [0.25, 0.3) is 0 Å². The fourth-order valence-electron chi connectivity index (χ4n) is 3.59. The Kier molecular flexibility index (Phi) is 7.44. The topological polar surface area (TPSA) is 75.5 Å². The molecule has 1 aliphatic heterocycles. The van der Waals surface area contributed by atoms with Gasteiger partial charge < -0.3 is 24.7 Å². The maximum atomic E-state index is 5.95. The standard InChI is InChI=1S/C23H26ClN5O2S/c1-30-21-14-20(29-12-4-2-3-5-13-29)26-22(27-21)28-23(32)25-15-18-10-11-19(31-18)16-6-8-17(24)9-7-16/h6-11,14H,2-5,12-13,15H2,1H3,(H2,25,26,27,28,32). The molecular formula is C23H26ClN5O2S. The lowest BCUT2D eigenvalue weighted by Gasteiger charge is -2.22. The highest BCUT2D eigenvalue weighted by Gasteiger charge is 2.15. The molecule has 0 spiro atoms. The number of hydrogen-bond donors (Lipinski definition) is 2. The summed E-state index contributed by atoms with van der Waals surface area (Å²) in [5.74, 6) is 3.29. The molecule has 3 aromatic rings. The van der Waals surface area contributed by atoms with Crippen molar-refractivity contribution in [1.82, 2.24) is 15.3 Å². The van der Waals surface area contributed by atoms with Crippen LogP contribution in [0.2, 0.25) is 5.02 Å². The average molecular weight is 472 g/mol. The second-order valence-electron chi connectivity index (χ2n) is 7.57. The van der Waals surface area contributed by atoms with Crippen LogP contribution < -0.4 is 20.3 Å². The summed E-state index contributed by atoms with van der Waals surface area (Å²) in [5, 5.41) is 7.30. The highest BCUT2D eigenvalue weighted by atomic mass is 35.5. The zero-order valence-electron chi connectivity index (χ0n) is 17.9. The van der Waals surface area contributed by atoms with Crippen molar-refractivity contribution in [2.75, 3.05) is 30.4 Å². The second-order valence-corrected chi connectivity index (χ2v) is 8.42. The molecule has 2 aromatic heterocycles. The van der Waals surface area contributed by atoms with E-state index in [4.69, 9.17) is 33.0 Å². The third-order valence-electron chi connectivity index (χ3n) is 5.27. The molecule has 0 amide bonds. The van der Waals surface area contributed by atoms with Crippen LogP contribution >= 0.6 is 23.8 Å². The van der Waals surface area contributed by atoms with E-state index < -0.39 is 0 Å². The van der Waals surface area contributed by atoms with Gasteiger partial charge in [-0.05, 0) is 61.5 Å². The lowest BCUT2D eigenvalue weighted by atomic mass is 10.2. The van der Waals surface area contributed by atoms with Crippen molar-refractivity contribution >= 4 is 40.7 Å². The highest BCUT2D eigenvalue weighted by Crippen LogP contribution is 2.24. The number of furan rings is 1. The molecule has 0 saturated carbocycles. The molecule has 0 atom stereocenters. The molecule has 4 rings (SSSR count). The van der Waals surface area contributed by atoms with Crippen LogP contribution in [0.5, 0.6) is 5.88 Å². The zero-order valence-corrected chi connectivity index (χ0v) is 19.5. The first-order valence-electron chi connectivity index (χ1n) is 10.7. The molecule has 1 aromatic carbocycles. The van der Waals surface area contributed by atoms with Crippen LogP contribution in [0.15, 0.2) is 46.9 Å². The van der Waals surface area contributed by atoms with Gasteiger partial charge in [-0.1, -0.05) is 24.4 Å². The van der Waals surface area contributed by atoms with Gasteiger partial charge >= 0.3 is 0 Å². The van der Waals surface area contributed by atoms with E-state index >= 15 is 0 Å². The molecule has 168 valence electrons. The van der Waals surface area contributed by atoms with Crippen LogP contribution in [-0.4, -0.2) is 35.3 Å². The highest BCUT2D eigenvalue weighted by molar-refractivity contribution is 7.80. The summed E-state index contributed by atoms with van der Waals surface area (Å²) in [6.07, 6.45) is 4.83. The first-order chi connectivity index (χ1) is 15.6. The molecular weight excluding hydrogens is 446 g/mol. The van der Waals surface area contributed by atoms with Crippen molar-refractivity contribution in [1.29, 1.82) is 0 Å². The number of anilines is 2. The molecule has 0 unspecified atom stereocenters. The molecule has 1 aliphatic rings. The summed E-state index contributed by atoms with van der Waals surface area (Å²) in [5.41, 5.74) is 0.965. The van der Waals surface area contributed by atoms with Crippen molar-refractivity contribution in [2.24, 2.45) is 0 Å². The first-order valence-corrected chi connectivity index (χ1v) is 11.5. The molecule has 9 heteroatoms. The number of hydrogen-bond acceptors (Lipinski definition) is 6. The van der Waals surface area contributed by atoms with Gasteiger partial charge in [-0.25, -0.2) is 0 Å². The Hall–Kier alpha value is -2.84. The van der Waals surface area contributed by atoms with E-state index in [1.807, 2.05) is 42.5 Å². The van der Waals surface area contributed by atoms with Crippen LogP contribution in [0.3, 0.4) is 0 Å². The largest absolute Gasteiger partial charge is 0.481 e. The van der Waals surface area contributed by atoms with Gasteiger partial charge in [-0.3, -0.25) is 0 Å². The summed E-state index contributed by atoms with van der Waals surface area (Å²) >= 11 is 11.4. The molecule has 1 saturated heterocycles. The van der Waals surface area contributed by atoms with Crippen molar-refractivity contribution < 1.29 is 9.15 Å². The molecule has 0 aliphatic carbocycles. The average Bonchev–Trinajstić information content (AvgIpc) is 3.10. The number of rotatable bonds is 6. The monoisotopic (exact) mass is 471 g/mol. The minimum absolute atomic E-state index is 0.405. The number of ether oxygens (including phenoxy) is 1. The number of methoxy groups -OCH3 is 1. The molecule has 0 bridgehead atoms. The van der Waals surface area contributed by atoms with Crippen LogP contribution in [0.1, 0.15) is 31.4 Å². The lowest BCUT2D eigenvalue weighted by molar-refractivity contribution is 0.397. The fraction of sp³-hybridized carbons (Fsp3) is 0.348. The summed E-state index contributed by atoms with van der Waals surface area (Å²) in [6, 6.07) is 13.2. The molecule has 1 fully saturated rings. The van der Waals surface area contributed by atoms with Crippen molar-refractivity contribution in [2.45, 2.75) is 32.2 Å². The van der Waals surface area contributed by atoms with E-state index in [1.165, 1.54) is 12.8 Å². The van der Waals surface area contributed by atoms with Crippen molar-refractivity contribution in [3.8, 4) is 17.2 Å². The Morgan fingerprint density at radius 3 is 2.56 bits per heavy atom. The predicted molar refractivity (Wildman–Crippen MR) is 131 cm³/mol. The maximum Gasteiger partial charge on any atom is 0.234 e. The van der Waals surface area contributed by atoms with Gasteiger partial charge in [0.05, 0.1) is 13.7 Å². The Balaban J connectivity index is 1.37. The van der Waals surface area contributed by atoms with E-state index in [9.17, 15) is 0 Å². The quantitative estimate of drug-likeness (QED) is 0.471. The number of aromatic nitrogens is 2. The van der Waals surface area contributed by atoms with Gasteiger partial charge in [-0.15, -0.1) is 0 Å². The number of benzene rings is 1. The Bertz CT molecular complexity index is 1050. The Labute approximate surface area is 198 Å². The summed E-state index contributed by atoms with van der Waals surface area (Å²) < 4.78 is 11.3. The van der Waals surface area contributed by atoms with Crippen LogP contribution in [0, 0.1) is 0 Å². The van der Waals surface area contributed by atoms with Gasteiger partial charge in [0.1, 0.15) is 17.3 Å². The number of thiocarbonyl (C=S) groups is 1. The SMILES string of the molecule is COc1cc(N2CCCCCC2)nc(NC(=S)NCc2ccc(-c3ccc(Cl)cc3)o2)n1. The van der Waals surface area contributed by atoms with Gasteiger partial charge in [0.15, 0.2) is 5.11 Å². The van der Waals surface area contributed by atoms with Crippen LogP contribution in [0.4, 0.5) is 11.8 Å². The van der Waals surface area contributed by atoms with E-state index in [0.29, 0.717) is 28.5 Å². The third kappa shape index (κ3) is 5.89. The molecule has 32 heavy (non-hydrogen) atoms. The van der Waals surface area contributed by atoms with Crippen molar-refractivity contribution in [3.05, 3.63) is 53.2 Å². The van der Waals surface area contributed by atoms with Crippen LogP contribution in [0.25, 0.3) is 11.3 Å². The normalized spacial score (nSPS) is 14.0. The summed E-state index contributed by atoms with van der Waals surface area (Å²) in [6.45, 7) is 2.40. The predicted octanol–water partition coefficient (Wildman–Crippen LogP) is 5.27. The number of nitrogens with one attached hydrogen (secondary N) is 2. The Morgan fingerprint density at radius 1 is 1.09 bits per heavy atom.